The monoisotopic (exact) mass is 185 g/mol. The number of hydrogen-bond donors (Lipinski definition) is 2. The average molecular weight is 185 g/mol. The number of likely N-dealkylation sites (tertiary alicyclic amines) is 1. The minimum atomic E-state index is -0.164. The van der Waals surface area contributed by atoms with Crippen LogP contribution in [-0.2, 0) is 4.79 Å². The number of rotatable bonds is 4. The van der Waals surface area contributed by atoms with E-state index in [1.807, 2.05) is 0 Å². The van der Waals surface area contributed by atoms with E-state index in [2.05, 4.69) is 11.8 Å². The minimum Gasteiger partial charge on any atom is -0.369 e. The number of nitrogens with two attached hydrogens (primary N) is 2. The maximum Gasteiger partial charge on any atom is 0.221 e. The zero-order valence-electron chi connectivity index (χ0n) is 8.20. The molecule has 0 aromatic carbocycles. The Morgan fingerprint density at radius 2 is 2.38 bits per heavy atom. The fourth-order valence-electron chi connectivity index (χ4n) is 1.84. The zero-order chi connectivity index (χ0) is 9.84. The molecule has 1 aliphatic heterocycles. The molecule has 1 saturated heterocycles. The standard InChI is InChI=1S/C9H19N3O/c1-7(2-4-10)12-5-3-8(6-12)9(11)13/h7-8H,2-6,10H2,1H3,(H2,11,13). The summed E-state index contributed by atoms with van der Waals surface area (Å²) >= 11 is 0. The van der Waals surface area contributed by atoms with Gasteiger partial charge in [-0.15, -0.1) is 0 Å². The molecule has 2 unspecified atom stereocenters. The molecule has 1 rings (SSSR count). The lowest BCUT2D eigenvalue weighted by Crippen LogP contribution is -2.34. The van der Waals surface area contributed by atoms with E-state index in [0.717, 1.165) is 25.9 Å². The van der Waals surface area contributed by atoms with E-state index in [1.165, 1.54) is 0 Å². The van der Waals surface area contributed by atoms with Gasteiger partial charge < -0.3 is 11.5 Å². The largest absolute Gasteiger partial charge is 0.369 e. The van der Waals surface area contributed by atoms with Crippen LogP contribution in [0.2, 0.25) is 0 Å². The maximum atomic E-state index is 10.9. The van der Waals surface area contributed by atoms with Crippen molar-refractivity contribution in [3.63, 3.8) is 0 Å². The summed E-state index contributed by atoms with van der Waals surface area (Å²) in [6.07, 6.45) is 1.90. The van der Waals surface area contributed by atoms with Gasteiger partial charge in [-0.1, -0.05) is 0 Å². The molecule has 4 N–H and O–H groups in total. The van der Waals surface area contributed by atoms with Gasteiger partial charge in [0.15, 0.2) is 0 Å². The number of hydrogen-bond acceptors (Lipinski definition) is 3. The lowest BCUT2D eigenvalue weighted by molar-refractivity contribution is -0.121. The summed E-state index contributed by atoms with van der Waals surface area (Å²) in [4.78, 5) is 13.2. The van der Waals surface area contributed by atoms with Gasteiger partial charge in [0.25, 0.3) is 0 Å². The molecule has 0 bridgehead atoms. The van der Waals surface area contributed by atoms with E-state index < -0.39 is 0 Å². The third-order valence-electron chi connectivity index (χ3n) is 2.83. The van der Waals surface area contributed by atoms with Crippen molar-refractivity contribution in [1.82, 2.24) is 4.90 Å². The number of nitrogens with zero attached hydrogens (tertiary/aromatic N) is 1. The molecule has 4 nitrogen and oxygen atoms in total. The van der Waals surface area contributed by atoms with Crippen molar-refractivity contribution in [3.8, 4) is 0 Å². The first-order valence-electron chi connectivity index (χ1n) is 4.88. The molecule has 13 heavy (non-hydrogen) atoms. The Balaban J connectivity index is 2.35. The summed E-state index contributed by atoms with van der Waals surface area (Å²) in [5, 5.41) is 0. The predicted molar refractivity (Wildman–Crippen MR) is 52.0 cm³/mol. The molecule has 0 radical (unpaired) electrons. The SMILES string of the molecule is CC(CCN)N1CCC(C(N)=O)C1. The first kappa shape index (κ1) is 10.5. The van der Waals surface area contributed by atoms with Gasteiger partial charge in [0.1, 0.15) is 0 Å². The number of amides is 1. The van der Waals surface area contributed by atoms with Gasteiger partial charge in [-0.05, 0) is 32.9 Å². The fraction of sp³-hybridized carbons (Fsp3) is 0.889. The Kier molecular flexibility index (Phi) is 3.69. The van der Waals surface area contributed by atoms with Gasteiger partial charge in [-0.2, -0.15) is 0 Å². The van der Waals surface area contributed by atoms with Crippen molar-refractivity contribution >= 4 is 5.91 Å². The first-order valence-corrected chi connectivity index (χ1v) is 4.88. The van der Waals surface area contributed by atoms with Crippen LogP contribution in [0.1, 0.15) is 19.8 Å². The molecule has 2 atom stereocenters. The molecule has 1 heterocycles. The van der Waals surface area contributed by atoms with Crippen LogP contribution in [0.3, 0.4) is 0 Å². The van der Waals surface area contributed by atoms with E-state index in [1.54, 1.807) is 0 Å². The zero-order valence-corrected chi connectivity index (χ0v) is 8.20. The summed E-state index contributed by atoms with van der Waals surface area (Å²) < 4.78 is 0. The van der Waals surface area contributed by atoms with Crippen LogP contribution in [0.15, 0.2) is 0 Å². The second-order valence-corrected chi connectivity index (χ2v) is 3.81. The lowest BCUT2D eigenvalue weighted by Gasteiger charge is -2.23. The lowest BCUT2D eigenvalue weighted by atomic mass is 10.1. The summed E-state index contributed by atoms with van der Waals surface area (Å²) in [6.45, 7) is 4.65. The summed E-state index contributed by atoms with van der Waals surface area (Å²) in [7, 11) is 0. The van der Waals surface area contributed by atoms with Crippen molar-refractivity contribution in [1.29, 1.82) is 0 Å². The van der Waals surface area contributed by atoms with Crippen molar-refractivity contribution in [2.45, 2.75) is 25.8 Å². The molecule has 0 spiro atoms. The highest BCUT2D eigenvalue weighted by molar-refractivity contribution is 5.77. The Bertz CT molecular complexity index is 184. The van der Waals surface area contributed by atoms with Crippen molar-refractivity contribution in [2.75, 3.05) is 19.6 Å². The Morgan fingerprint density at radius 1 is 1.69 bits per heavy atom. The average Bonchev–Trinajstić information content (AvgIpc) is 2.52. The predicted octanol–water partition coefficient (Wildman–Crippen LogP) is -0.469. The molecular weight excluding hydrogens is 166 g/mol. The van der Waals surface area contributed by atoms with E-state index >= 15 is 0 Å². The van der Waals surface area contributed by atoms with E-state index in [-0.39, 0.29) is 11.8 Å². The molecule has 4 heteroatoms. The molecule has 0 aromatic heterocycles. The summed E-state index contributed by atoms with van der Waals surface area (Å²) in [6, 6.07) is 0.481. The minimum absolute atomic E-state index is 0.0558. The van der Waals surface area contributed by atoms with Gasteiger partial charge in [-0.3, -0.25) is 9.69 Å². The number of primary amides is 1. The molecule has 0 aromatic rings. The third-order valence-corrected chi connectivity index (χ3v) is 2.83. The smallest absolute Gasteiger partial charge is 0.221 e. The van der Waals surface area contributed by atoms with Crippen LogP contribution in [0.4, 0.5) is 0 Å². The van der Waals surface area contributed by atoms with Crippen molar-refractivity contribution < 1.29 is 4.79 Å². The molecule has 0 aliphatic carbocycles. The first-order chi connectivity index (χ1) is 6.15. The third kappa shape index (κ3) is 2.67. The highest BCUT2D eigenvalue weighted by atomic mass is 16.1. The normalized spacial score (nSPS) is 26.2. The van der Waals surface area contributed by atoms with Crippen LogP contribution in [0, 0.1) is 5.92 Å². The summed E-state index contributed by atoms with van der Waals surface area (Å²) in [5.74, 6) is -0.109. The van der Waals surface area contributed by atoms with Gasteiger partial charge in [-0.25, -0.2) is 0 Å². The van der Waals surface area contributed by atoms with E-state index in [9.17, 15) is 4.79 Å². The molecule has 1 fully saturated rings. The van der Waals surface area contributed by atoms with E-state index in [0.29, 0.717) is 12.6 Å². The van der Waals surface area contributed by atoms with Crippen LogP contribution in [0.25, 0.3) is 0 Å². The van der Waals surface area contributed by atoms with Crippen molar-refractivity contribution in [2.24, 2.45) is 17.4 Å². The Labute approximate surface area is 79.3 Å². The number of carbonyl (C=O) groups excluding carboxylic acids is 1. The molecule has 1 amide bonds. The second kappa shape index (κ2) is 4.58. The highest BCUT2D eigenvalue weighted by Crippen LogP contribution is 2.18. The Hall–Kier alpha value is -0.610. The van der Waals surface area contributed by atoms with Crippen LogP contribution >= 0.6 is 0 Å². The van der Waals surface area contributed by atoms with Crippen LogP contribution < -0.4 is 11.5 Å². The molecule has 76 valence electrons. The quantitative estimate of drug-likeness (QED) is 0.622. The van der Waals surface area contributed by atoms with Crippen LogP contribution in [-0.4, -0.2) is 36.5 Å². The number of carbonyl (C=O) groups is 1. The molecular formula is C9H19N3O. The topological polar surface area (TPSA) is 72.3 Å². The fourth-order valence-corrected chi connectivity index (χ4v) is 1.84. The van der Waals surface area contributed by atoms with Gasteiger partial charge in [0.05, 0.1) is 5.92 Å². The van der Waals surface area contributed by atoms with E-state index in [4.69, 9.17) is 11.5 Å². The highest BCUT2D eigenvalue weighted by Gasteiger charge is 2.28. The summed E-state index contributed by atoms with van der Waals surface area (Å²) in [5.41, 5.74) is 10.7. The molecule has 0 saturated carbocycles. The van der Waals surface area contributed by atoms with Gasteiger partial charge in [0.2, 0.25) is 5.91 Å². The van der Waals surface area contributed by atoms with Crippen molar-refractivity contribution in [3.05, 3.63) is 0 Å². The Morgan fingerprint density at radius 3 is 2.85 bits per heavy atom. The van der Waals surface area contributed by atoms with Gasteiger partial charge in [0, 0.05) is 12.6 Å². The van der Waals surface area contributed by atoms with Crippen LogP contribution in [0.5, 0.6) is 0 Å². The second-order valence-electron chi connectivity index (χ2n) is 3.81. The van der Waals surface area contributed by atoms with Gasteiger partial charge >= 0.3 is 0 Å². The molecule has 1 aliphatic rings. The maximum absolute atomic E-state index is 10.9.